The Morgan fingerprint density at radius 2 is 2.26 bits per heavy atom. The fourth-order valence-corrected chi connectivity index (χ4v) is 1.78. The van der Waals surface area contributed by atoms with Crippen LogP contribution in [0, 0.1) is 0 Å². The molecular formula is C13H16BrN3O2. The molecule has 0 atom stereocenters. The summed E-state index contributed by atoms with van der Waals surface area (Å²) >= 11 is 3.36. The molecule has 0 saturated heterocycles. The molecule has 0 fully saturated rings. The van der Waals surface area contributed by atoms with Gasteiger partial charge in [0.25, 0.3) is 0 Å². The van der Waals surface area contributed by atoms with Crippen LogP contribution in [0.5, 0.6) is 0 Å². The lowest BCUT2D eigenvalue weighted by Gasteiger charge is -2.13. The molecule has 19 heavy (non-hydrogen) atoms. The van der Waals surface area contributed by atoms with Crippen LogP contribution in [0.4, 0.5) is 4.79 Å². The van der Waals surface area contributed by atoms with Crippen molar-refractivity contribution in [3.63, 3.8) is 0 Å². The standard InChI is InChI=1S/C13H16BrN3O2/c14-12-4-1-3-11(9-12)5-7-16-13(19)17(10-18)8-2-6-15/h1,3-5,7,9-10H,2,6,8,15H2,(H,16,19)/b7-5+. The maximum Gasteiger partial charge on any atom is 0.327 e. The summed E-state index contributed by atoms with van der Waals surface area (Å²) in [4.78, 5) is 23.4. The van der Waals surface area contributed by atoms with Crippen molar-refractivity contribution < 1.29 is 9.59 Å². The Hall–Kier alpha value is -1.66. The van der Waals surface area contributed by atoms with Gasteiger partial charge < -0.3 is 11.1 Å². The normalized spacial score (nSPS) is 10.4. The van der Waals surface area contributed by atoms with Crippen LogP contribution >= 0.6 is 15.9 Å². The topological polar surface area (TPSA) is 75.4 Å². The average molecular weight is 326 g/mol. The van der Waals surface area contributed by atoms with Crippen LogP contribution < -0.4 is 11.1 Å². The number of nitrogens with two attached hydrogens (primary N) is 1. The molecule has 0 saturated carbocycles. The maximum atomic E-state index is 11.6. The SMILES string of the molecule is NCCCN(C=O)C(=O)N/C=C/c1cccc(Br)c1. The van der Waals surface area contributed by atoms with E-state index < -0.39 is 6.03 Å². The molecule has 0 aliphatic rings. The van der Waals surface area contributed by atoms with Crippen LogP contribution in [-0.2, 0) is 4.79 Å². The highest BCUT2D eigenvalue weighted by Gasteiger charge is 2.09. The van der Waals surface area contributed by atoms with Crippen molar-refractivity contribution >= 4 is 34.4 Å². The Kier molecular flexibility index (Phi) is 6.84. The predicted molar refractivity (Wildman–Crippen MR) is 78.1 cm³/mol. The summed E-state index contributed by atoms with van der Waals surface area (Å²) < 4.78 is 0.957. The molecule has 1 aromatic rings. The Morgan fingerprint density at radius 3 is 2.89 bits per heavy atom. The van der Waals surface area contributed by atoms with Gasteiger partial charge in [-0.25, -0.2) is 4.79 Å². The number of halogens is 1. The first kappa shape index (κ1) is 15.4. The third kappa shape index (κ3) is 5.67. The molecular weight excluding hydrogens is 310 g/mol. The molecule has 0 unspecified atom stereocenters. The third-order valence-corrected chi connectivity index (χ3v) is 2.82. The van der Waals surface area contributed by atoms with E-state index in [9.17, 15) is 9.59 Å². The number of imide groups is 1. The number of carbonyl (C=O) groups is 2. The highest BCUT2D eigenvalue weighted by molar-refractivity contribution is 9.10. The Balaban J connectivity index is 2.50. The molecule has 0 aliphatic carbocycles. The van der Waals surface area contributed by atoms with E-state index in [4.69, 9.17) is 5.73 Å². The van der Waals surface area contributed by atoms with Gasteiger partial charge in [0, 0.05) is 17.2 Å². The Labute approximate surface area is 120 Å². The summed E-state index contributed by atoms with van der Waals surface area (Å²) in [6, 6.07) is 7.16. The number of benzene rings is 1. The summed E-state index contributed by atoms with van der Waals surface area (Å²) in [5.41, 5.74) is 6.27. The lowest BCUT2D eigenvalue weighted by atomic mass is 10.2. The number of rotatable bonds is 6. The minimum Gasteiger partial charge on any atom is -0.330 e. The van der Waals surface area contributed by atoms with Gasteiger partial charge in [0.05, 0.1) is 0 Å². The maximum absolute atomic E-state index is 11.6. The minimum absolute atomic E-state index is 0.316. The second kappa shape index (κ2) is 8.44. The van der Waals surface area contributed by atoms with Crippen LogP contribution in [0.25, 0.3) is 6.08 Å². The summed E-state index contributed by atoms with van der Waals surface area (Å²) in [5, 5.41) is 2.53. The van der Waals surface area contributed by atoms with Crippen molar-refractivity contribution in [3.8, 4) is 0 Å². The number of carbonyl (C=O) groups excluding carboxylic acids is 2. The smallest absolute Gasteiger partial charge is 0.327 e. The van der Waals surface area contributed by atoms with E-state index in [1.807, 2.05) is 24.3 Å². The zero-order chi connectivity index (χ0) is 14.1. The summed E-state index contributed by atoms with van der Waals surface area (Å²) in [6.07, 6.45) is 4.33. The zero-order valence-corrected chi connectivity index (χ0v) is 12.0. The summed E-state index contributed by atoms with van der Waals surface area (Å²) in [5.74, 6) is 0. The van der Waals surface area contributed by atoms with E-state index in [-0.39, 0.29) is 0 Å². The zero-order valence-electron chi connectivity index (χ0n) is 10.4. The third-order valence-electron chi connectivity index (χ3n) is 2.32. The first-order chi connectivity index (χ1) is 9.17. The molecule has 0 bridgehead atoms. The van der Waals surface area contributed by atoms with Gasteiger partial charge in [-0.05, 0) is 36.7 Å². The van der Waals surface area contributed by atoms with Crippen LogP contribution in [-0.4, -0.2) is 30.4 Å². The molecule has 0 spiro atoms. The number of nitrogens with zero attached hydrogens (tertiary/aromatic N) is 1. The van der Waals surface area contributed by atoms with E-state index in [1.54, 1.807) is 6.08 Å². The van der Waals surface area contributed by atoms with Gasteiger partial charge in [0.15, 0.2) is 0 Å². The number of urea groups is 1. The minimum atomic E-state index is -0.463. The van der Waals surface area contributed by atoms with Gasteiger partial charge in [-0.15, -0.1) is 0 Å². The monoisotopic (exact) mass is 325 g/mol. The van der Waals surface area contributed by atoms with Gasteiger partial charge >= 0.3 is 6.03 Å². The molecule has 3 N–H and O–H groups in total. The van der Waals surface area contributed by atoms with Gasteiger partial charge in [-0.3, -0.25) is 9.69 Å². The van der Waals surface area contributed by atoms with E-state index in [1.165, 1.54) is 6.20 Å². The molecule has 5 nitrogen and oxygen atoms in total. The van der Waals surface area contributed by atoms with Crippen molar-refractivity contribution in [2.24, 2.45) is 5.73 Å². The van der Waals surface area contributed by atoms with Crippen molar-refractivity contribution in [3.05, 3.63) is 40.5 Å². The molecule has 0 heterocycles. The number of nitrogens with one attached hydrogen (secondary N) is 1. The molecule has 0 radical (unpaired) electrons. The Morgan fingerprint density at radius 1 is 1.47 bits per heavy atom. The van der Waals surface area contributed by atoms with Gasteiger partial charge in [-0.2, -0.15) is 0 Å². The van der Waals surface area contributed by atoms with Crippen LogP contribution in [0.1, 0.15) is 12.0 Å². The Bertz CT molecular complexity index is 463. The first-order valence-corrected chi connectivity index (χ1v) is 6.61. The number of hydrogen-bond donors (Lipinski definition) is 2. The van der Waals surface area contributed by atoms with Crippen molar-refractivity contribution in [2.45, 2.75) is 6.42 Å². The molecule has 0 aromatic heterocycles. The van der Waals surface area contributed by atoms with E-state index in [0.717, 1.165) is 14.9 Å². The second-order valence-corrected chi connectivity index (χ2v) is 4.69. The van der Waals surface area contributed by atoms with Crippen LogP contribution in [0.2, 0.25) is 0 Å². The van der Waals surface area contributed by atoms with Crippen molar-refractivity contribution in [2.75, 3.05) is 13.1 Å². The van der Waals surface area contributed by atoms with Gasteiger partial charge in [-0.1, -0.05) is 28.1 Å². The van der Waals surface area contributed by atoms with E-state index in [0.29, 0.717) is 25.9 Å². The molecule has 1 aromatic carbocycles. The predicted octanol–water partition coefficient (Wildman–Crippen LogP) is 1.94. The van der Waals surface area contributed by atoms with Crippen molar-refractivity contribution in [1.82, 2.24) is 10.2 Å². The summed E-state index contributed by atoms with van der Waals surface area (Å²) in [7, 11) is 0. The lowest BCUT2D eigenvalue weighted by molar-refractivity contribution is -0.115. The van der Waals surface area contributed by atoms with E-state index >= 15 is 0 Å². The van der Waals surface area contributed by atoms with Gasteiger partial charge in [0.2, 0.25) is 6.41 Å². The molecule has 102 valence electrons. The molecule has 0 aliphatic heterocycles. The highest BCUT2D eigenvalue weighted by Crippen LogP contribution is 2.12. The first-order valence-electron chi connectivity index (χ1n) is 5.82. The quantitative estimate of drug-likeness (QED) is 0.785. The number of hydrogen-bond acceptors (Lipinski definition) is 3. The second-order valence-electron chi connectivity index (χ2n) is 3.78. The number of amides is 3. The van der Waals surface area contributed by atoms with Gasteiger partial charge in [0.1, 0.15) is 0 Å². The van der Waals surface area contributed by atoms with Crippen LogP contribution in [0.15, 0.2) is 34.9 Å². The molecule has 3 amide bonds. The lowest BCUT2D eigenvalue weighted by Crippen LogP contribution is -2.37. The van der Waals surface area contributed by atoms with E-state index in [2.05, 4.69) is 21.2 Å². The van der Waals surface area contributed by atoms with Crippen molar-refractivity contribution in [1.29, 1.82) is 0 Å². The largest absolute Gasteiger partial charge is 0.330 e. The van der Waals surface area contributed by atoms with Crippen LogP contribution in [0.3, 0.4) is 0 Å². The summed E-state index contributed by atoms with van der Waals surface area (Å²) in [6.45, 7) is 0.752. The fourth-order valence-electron chi connectivity index (χ4n) is 1.37. The highest BCUT2D eigenvalue weighted by atomic mass is 79.9. The fraction of sp³-hybridized carbons (Fsp3) is 0.231. The molecule has 6 heteroatoms. The molecule has 1 rings (SSSR count). The average Bonchev–Trinajstić information content (AvgIpc) is 2.39.